The van der Waals surface area contributed by atoms with E-state index in [4.69, 9.17) is 0 Å². The van der Waals surface area contributed by atoms with E-state index in [1.807, 2.05) is 52.8 Å². The predicted molar refractivity (Wildman–Crippen MR) is 91.4 cm³/mol. The molecule has 1 N–H and O–H groups in total. The highest BCUT2D eigenvalue weighted by Gasteiger charge is 2.16. The van der Waals surface area contributed by atoms with Gasteiger partial charge >= 0.3 is 0 Å². The lowest BCUT2D eigenvalue weighted by atomic mass is 10.1. The average molecular weight is 315 g/mol. The first-order valence-corrected chi connectivity index (χ1v) is 8.10. The van der Waals surface area contributed by atoms with Crippen LogP contribution in [0.5, 0.6) is 0 Å². The number of carbonyl (C=O) groups excluding carboxylic acids is 1. The predicted octanol–water partition coefficient (Wildman–Crippen LogP) is 3.83. The Labute approximate surface area is 135 Å². The molecule has 116 valence electrons. The lowest BCUT2D eigenvalue weighted by molar-refractivity contribution is -0.115. The summed E-state index contributed by atoms with van der Waals surface area (Å²) in [4.78, 5) is 21.0. The van der Waals surface area contributed by atoms with Crippen molar-refractivity contribution in [2.45, 2.75) is 44.9 Å². The van der Waals surface area contributed by atoms with Crippen molar-refractivity contribution in [1.29, 1.82) is 0 Å². The maximum absolute atomic E-state index is 12.3. The highest BCUT2D eigenvalue weighted by molar-refractivity contribution is 8.00. The third-order valence-corrected chi connectivity index (χ3v) is 4.27. The molecule has 0 spiro atoms. The molecule has 1 aromatic heterocycles. The molecule has 0 aliphatic heterocycles. The van der Waals surface area contributed by atoms with Crippen LogP contribution in [0.25, 0.3) is 0 Å². The van der Waals surface area contributed by atoms with Crippen molar-refractivity contribution < 1.29 is 4.79 Å². The molecule has 1 unspecified atom stereocenters. The number of rotatable bonds is 4. The second-order valence-electron chi connectivity index (χ2n) is 5.46. The summed E-state index contributed by atoms with van der Waals surface area (Å²) in [6.45, 7) is 9.71. The minimum atomic E-state index is -0.227. The number of thioether (sulfide) groups is 1. The first-order valence-electron chi connectivity index (χ1n) is 7.22. The fourth-order valence-corrected chi connectivity index (χ4v) is 3.12. The summed E-state index contributed by atoms with van der Waals surface area (Å²) in [5.41, 5.74) is 4.03. The van der Waals surface area contributed by atoms with Crippen molar-refractivity contribution in [1.82, 2.24) is 9.97 Å². The quantitative estimate of drug-likeness (QED) is 0.688. The maximum Gasteiger partial charge on any atom is 0.237 e. The molecule has 0 saturated heterocycles. The molecule has 1 aromatic carbocycles. The maximum atomic E-state index is 12.3. The summed E-state index contributed by atoms with van der Waals surface area (Å²) >= 11 is 1.45. The van der Waals surface area contributed by atoms with Gasteiger partial charge in [-0.1, -0.05) is 29.5 Å². The van der Waals surface area contributed by atoms with E-state index in [1.54, 1.807) is 0 Å². The van der Waals surface area contributed by atoms with Gasteiger partial charge in [-0.2, -0.15) is 0 Å². The largest absolute Gasteiger partial charge is 0.325 e. The summed E-state index contributed by atoms with van der Waals surface area (Å²) in [6.07, 6.45) is 0. The molecule has 0 aliphatic carbocycles. The second-order valence-corrected chi connectivity index (χ2v) is 6.82. The van der Waals surface area contributed by atoms with Gasteiger partial charge in [0.15, 0.2) is 0 Å². The second kappa shape index (κ2) is 6.92. The zero-order valence-electron chi connectivity index (χ0n) is 13.6. The molecule has 4 nitrogen and oxygen atoms in total. The van der Waals surface area contributed by atoms with E-state index in [0.717, 1.165) is 27.8 Å². The Morgan fingerprint density at radius 2 is 1.86 bits per heavy atom. The van der Waals surface area contributed by atoms with Crippen molar-refractivity contribution in [2.24, 2.45) is 0 Å². The Kier molecular flexibility index (Phi) is 5.19. The minimum Gasteiger partial charge on any atom is -0.325 e. The van der Waals surface area contributed by atoms with Crippen molar-refractivity contribution in [3.05, 3.63) is 46.9 Å². The molecule has 22 heavy (non-hydrogen) atoms. The van der Waals surface area contributed by atoms with Crippen LogP contribution in [0.1, 0.15) is 29.6 Å². The fraction of sp³-hybridized carbons (Fsp3) is 0.353. The van der Waals surface area contributed by atoms with Gasteiger partial charge in [-0.3, -0.25) is 4.79 Å². The number of anilines is 1. The van der Waals surface area contributed by atoms with Gasteiger partial charge < -0.3 is 5.32 Å². The van der Waals surface area contributed by atoms with E-state index >= 15 is 0 Å². The van der Waals surface area contributed by atoms with Gasteiger partial charge in [-0.15, -0.1) is 0 Å². The molecule has 1 atom stereocenters. The van der Waals surface area contributed by atoms with Crippen LogP contribution >= 0.6 is 11.8 Å². The van der Waals surface area contributed by atoms with E-state index in [2.05, 4.69) is 21.4 Å². The SMILES string of the molecule is Cc1ccc(NC(=O)C(C)Sc2cc(C)nc(C)n2)c(C)c1. The van der Waals surface area contributed by atoms with Crippen molar-refractivity contribution >= 4 is 23.4 Å². The van der Waals surface area contributed by atoms with E-state index in [-0.39, 0.29) is 11.2 Å². The molecule has 0 radical (unpaired) electrons. The highest BCUT2D eigenvalue weighted by Crippen LogP contribution is 2.24. The zero-order chi connectivity index (χ0) is 16.3. The summed E-state index contributed by atoms with van der Waals surface area (Å²) < 4.78 is 0. The molecule has 2 rings (SSSR count). The summed E-state index contributed by atoms with van der Waals surface area (Å²) in [5, 5.41) is 3.58. The topological polar surface area (TPSA) is 54.9 Å². The third kappa shape index (κ3) is 4.31. The molecule has 1 heterocycles. The molecule has 0 aliphatic rings. The Balaban J connectivity index is 2.05. The van der Waals surface area contributed by atoms with Gasteiger partial charge in [-0.05, 0) is 52.3 Å². The minimum absolute atomic E-state index is 0.0223. The Bertz CT molecular complexity index is 680. The molecule has 5 heteroatoms. The zero-order valence-corrected chi connectivity index (χ0v) is 14.4. The van der Waals surface area contributed by atoms with E-state index in [0.29, 0.717) is 0 Å². The first-order chi connectivity index (χ1) is 10.3. The van der Waals surface area contributed by atoms with Gasteiger partial charge in [0.05, 0.1) is 5.25 Å². The molecular formula is C17H21N3OS. The van der Waals surface area contributed by atoms with Crippen molar-refractivity contribution in [2.75, 3.05) is 5.32 Å². The van der Waals surface area contributed by atoms with Gasteiger partial charge in [-0.25, -0.2) is 9.97 Å². The van der Waals surface area contributed by atoms with Crippen LogP contribution in [0.3, 0.4) is 0 Å². The summed E-state index contributed by atoms with van der Waals surface area (Å²) in [6, 6.07) is 7.90. The average Bonchev–Trinajstić information content (AvgIpc) is 2.40. The molecule has 0 fully saturated rings. The van der Waals surface area contributed by atoms with Crippen LogP contribution in [0.15, 0.2) is 29.3 Å². The fourth-order valence-electron chi connectivity index (χ4n) is 2.17. The number of nitrogens with one attached hydrogen (secondary N) is 1. The van der Waals surface area contributed by atoms with E-state index < -0.39 is 0 Å². The number of hydrogen-bond acceptors (Lipinski definition) is 4. The molecular weight excluding hydrogens is 294 g/mol. The lowest BCUT2D eigenvalue weighted by Crippen LogP contribution is -2.23. The monoisotopic (exact) mass is 315 g/mol. The van der Waals surface area contributed by atoms with E-state index in [1.165, 1.54) is 17.3 Å². The number of aryl methyl sites for hydroxylation is 4. The number of amides is 1. The number of aromatic nitrogens is 2. The number of hydrogen-bond donors (Lipinski definition) is 1. The van der Waals surface area contributed by atoms with Crippen LogP contribution in [-0.2, 0) is 4.79 Å². The van der Waals surface area contributed by atoms with Crippen LogP contribution in [0, 0.1) is 27.7 Å². The lowest BCUT2D eigenvalue weighted by Gasteiger charge is -2.14. The standard InChI is InChI=1S/C17H21N3OS/c1-10-6-7-15(11(2)8-10)20-17(21)13(4)22-16-9-12(3)18-14(5)19-16/h6-9,13H,1-5H3,(H,20,21). The summed E-state index contributed by atoms with van der Waals surface area (Å²) in [5.74, 6) is 0.704. The van der Waals surface area contributed by atoms with Crippen molar-refractivity contribution in [3.8, 4) is 0 Å². The van der Waals surface area contributed by atoms with Gasteiger partial charge in [0.25, 0.3) is 0 Å². The van der Waals surface area contributed by atoms with Gasteiger partial charge in [0.2, 0.25) is 5.91 Å². The number of nitrogens with zero attached hydrogens (tertiary/aromatic N) is 2. The van der Waals surface area contributed by atoms with Crippen LogP contribution < -0.4 is 5.32 Å². The molecule has 1 amide bonds. The molecule has 0 saturated carbocycles. The number of benzene rings is 1. The molecule has 0 bridgehead atoms. The van der Waals surface area contributed by atoms with Crippen molar-refractivity contribution in [3.63, 3.8) is 0 Å². The van der Waals surface area contributed by atoms with Gasteiger partial charge in [0, 0.05) is 11.4 Å². The van der Waals surface area contributed by atoms with Crippen LogP contribution in [-0.4, -0.2) is 21.1 Å². The Morgan fingerprint density at radius 3 is 2.50 bits per heavy atom. The molecule has 2 aromatic rings. The van der Waals surface area contributed by atoms with Crippen LogP contribution in [0.2, 0.25) is 0 Å². The Morgan fingerprint density at radius 1 is 1.14 bits per heavy atom. The van der Waals surface area contributed by atoms with Gasteiger partial charge in [0.1, 0.15) is 10.9 Å². The number of carbonyl (C=O) groups is 1. The highest BCUT2D eigenvalue weighted by atomic mass is 32.2. The Hall–Kier alpha value is -1.88. The van der Waals surface area contributed by atoms with Crippen LogP contribution in [0.4, 0.5) is 5.69 Å². The van der Waals surface area contributed by atoms with E-state index in [9.17, 15) is 4.79 Å². The third-order valence-electron chi connectivity index (χ3n) is 3.25. The summed E-state index contributed by atoms with van der Waals surface area (Å²) in [7, 11) is 0. The normalized spacial score (nSPS) is 12.0. The first kappa shape index (κ1) is 16.5. The smallest absolute Gasteiger partial charge is 0.237 e.